The van der Waals surface area contributed by atoms with E-state index in [0.29, 0.717) is 17.5 Å². The molecule has 1 aromatic carbocycles. The number of hydrogen-bond donors (Lipinski definition) is 0. The molecule has 0 aliphatic heterocycles. The van der Waals surface area contributed by atoms with Crippen molar-refractivity contribution in [3.8, 4) is 5.75 Å². The third-order valence-corrected chi connectivity index (χ3v) is 2.66. The van der Waals surface area contributed by atoms with Crippen LogP contribution in [0.5, 0.6) is 5.75 Å². The van der Waals surface area contributed by atoms with Crippen LogP contribution in [0.1, 0.15) is 19.8 Å². The van der Waals surface area contributed by atoms with Crippen molar-refractivity contribution in [2.75, 3.05) is 6.61 Å². The van der Waals surface area contributed by atoms with Gasteiger partial charge >= 0.3 is 0 Å². The summed E-state index contributed by atoms with van der Waals surface area (Å²) in [7, 11) is 1.69. The Labute approximate surface area is 99.9 Å². The molecule has 0 amide bonds. The van der Waals surface area contributed by atoms with E-state index in [-0.39, 0.29) is 5.56 Å². The summed E-state index contributed by atoms with van der Waals surface area (Å²) in [5.74, 6) is 0.732. The third-order valence-electron chi connectivity index (χ3n) is 2.66. The highest BCUT2D eigenvalue weighted by atomic mass is 16.5. The second-order valence-electron chi connectivity index (χ2n) is 4.04. The Balaban J connectivity index is 2.35. The lowest BCUT2D eigenvalue weighted by Gasteiger charge is -2.06. The molecule has 0 unspecified atom stereocenters. The molecular formula is C13H16N2O2. The lowest BCUT2D eigenvalue weighted by atomic mass is 10.2. The summed E-state index contributed by atoms with van der Waals surface area (Å²) >= 11 is 0. The van der Waals surface area contributed by atoms with Crippen LogP contribution < -0.4 is 10.3 Å². The largest absolute Gasteiger partial charge is 0.494 e. The fraction of sp³-hybridized carbons (Fsp3) is 0.385. The van der Waals surface area contributed by atoms with Crippen molar-refractivity contribution in [3.63, 3.8) is 0 Å². The summed E-state index contributed by atoms with van der Waals surface area (Å²) in [6.45, 7) is 2.80. The zero-order valence-corrected chi connectivity index (χ0v) is 10.1. The maximum absolute atomic E-state index is 11.9. The molecule has 0 radical (unpaired) electrons. The molecule has 0 atom stereocenters. The number of rotatable bonds is 4. The third kappa shape index (κ3) is 2.46. The van der Waals surface area contributed by atoms with Gasteiger partial charge in [-0.2, -0.15) is 0 Å². The van der Waals surface area contributed by atoms with E-state index in [1.807, 2.05) is 12.1 Å². The Hall–Kier alpha value is -1.84. The van der Waals surface area contributed by atoms with Gasteiger partial charge in [0.15, 0.2) is 0 Å². The minimum atomic E-state index is -0.0454. The summed E-state index contributed by atoms with van der Waals surface area (Å²) in [4.78, 5) is 16.1. The van der Waals surface area contributed by atoms with Crippen LogP contribution in [-0.4, -0.2) is 16.2 Å². The van der Waals surface area contributed by atoms with Gasteiger partial charge in [0.25, 0.3) is 5.56 Å². The summed E-state index contributed by atoms with van der Waals surface area (Å²) < 4.78 is 7.04. The second-order valence-corrected chi connectivity index (χ2v) is 4.04. The number of ether oxygens (including phenoxy) is 1. The molecule has 0 aliphatic carbocycles. The molecule has 4 nitrogen and oxygen atoms in total. The van der Waals surface area contributed by atoms with Gasteiger partial charge in [-0.15, -0.1) is 0 Å². The van der Waals surface area contributed by atoms with Crippen LogP contribution in [0.4, 0.5) is 0 Å². The molecule has 90 valence electrons. The molecule has 2 aromatic rings. The number of nitrogens with zero attached hydrogens (tertiary/aromatic N) is 2. The van der Waals surface area contributed by atoms with Gasteiger partial charge in [-0.05, 0) is 24.6 Å². The van der Waals surface area contributed by atoms with Crippen molar-refractivity contribution >= 4 is 10.9 Å². The molecule has 2 rings (SSSR count). The van der Waals surface area contributed by atoms with Gasteiger partial charge < -0.3 is 9.30 Å². The molecule has 0 aliphatic rings. The SMILES string of the molecule is CCCCOc1ccc2ncn(C)c(=O)c2c1. The fourth-order valence-corrected chi connectivity index (χ4v) is 1.61. The van der Waals surface area contributed by atoms with Gasteiger partial charge in [0.1, 0.15) is 5.75 Å². The molecule has 0 fully saturated rings. The van der Waals surface area contributed by atoms with Gasteiger partial charge in [-0.1, -0.05) is 13.3 Å². The number of aryl methyl sites for hydroxylation is 1. The summed E-state index contributed by atoms with van der Waals surface area (Å²) in [6.07, 6.45) is 3.64. The minimum Gasteiger partial charge on any atom is -0.494 e. The van der Waals surface area contributed by atoms with Crippen molar-refractivity contribution < 1.29 is 4.74 Å². The van der Waals surface area contributed by atoms with E-state index in [9.17, 15) is 4.79 Å². The van der Waals surface area contributed by atoms with Crippen LogP contribution in [0.15, 0.2) is 29.3 Å². The number of benzene rings is 1. The average molecular weight is 232 g/mol. The maximum Gasteiger partial charge on any atom is 0.261 e. The Morgan fingerprint density at radius 3 is 3.00 bits per heavy atom. The van der Waals surface area contributed by atoms with E-state index < -0.39 is 0 Å². The number of aromatic nitrogens is 2. The van der Waals surface area contributed by atoms with Gasteiger partial charge in [0, 0.05) is 7.05 Å². The normalized spacial score (nSPS) is 10.7. The van der Waals surface area contributed by atoms with Gasteiger partial charge in [0.2, 0.25) is 0 Å². The van der Waals surface area contributed by atoms with Gasteiger partial charge in [0.05, 0.1) is 23.8 Å². The minimum absolute atomic E-state index is 0.0454. The van der Waals surface area contributed by atoms with E-state index in [2.05, 4.69) is 11.9 Å². The summed E-state index contributed by atoms with van der Waals surface area (Å²) in [5, 5.41) is 0.601. The van der Waals surface area contributed by atoms with Crippen LogP contribution in [0, 0.1) is 0 Å². The van der Waals surface area contributed by atoms with Gasteiger partial charge in [-0.3, -0.25) is 4.79 Å². The Morgan fingerprint density at radius 2 is 2.24 bits per heavy atom. The lowest BCUT2D eigenvalue weighted by molar-refractivity contribution is 0.310. The highest BCUT2D eigenvalue weighted by molar-refractivity contribution is 5.78. The molecule has 1 heterocycles. The first-order valence-electron chi connectivity index (χ1n) is 5.80. The average Bonchev–Trinajstić information content (AvgIpc) is 2.35. The monoisotopic (exact) mass is 232 g/mol. The number of fused-ring (bicyclic) bond motifs is 1. The molecular weight excluding hydrogens is 216 g/mol. The van der Waals surface area contributed by atoms with Crippen LogP contribution in [0.3, 0.4) is 0 Å². The molecule has 0 saturated carbocycles. The smallest absolute Gasteiger partial charge is 0.261 e. The zero-order chi connectivity index (χ0) is 12.3. The van der Waals surface area contributed by atoms with E-state index in [1.54, 1.807) is 13.1 Å². The van der Waals surface area contributed by atoms with E-state index in [0.717, 1.165) is 18.6 Å². The summed E-state index contributed by atoms with van der Waals surface area (Å²) in [5.41, 5.74) is 0.659. The van der Waals surface area contributed by atoms with Crippen molar-refractivity contribution in [3.05, 3.63) is 34.9 Å². The van der Waals surface area contributed by atoms with Gasteiger partial charge in [-0.25, -0.2) is 4.98 Å². The van der Waals surface area contributed by atoms with Crippen LogP contribution >= 0.6 is 0 Å². The van der Waals surface area contributed by atoms with Crippen molar-refractivity contribution in [2.24, 2.45) is 7.05 Å². The van der Waals surface area contributed by atoms with E-state index in [4.69, 9.17) is 4.74 Å². The maximum atomic E-state index is 11.9. The Morgan fingerprint density at radius 1 is 1.41 bits per heavy atom. The lowest BCUT2D eigenvalue weighted by Crippen LogP contribution is -2.16. The topological polar surface area (TPSA) is 44.1 Å². The van der Waals surface area contributed by atoms with E-state index >= 15 is 0 Å². The molecule has 4 heteroatoms. The molecule has 0 bridgehead atoms. The predicted molar refractivity (Wildman–Crippen MR) is 67.4 cm³/mol. The summed E-state index contributed by atoms with van der Waals surface area (Å²) in [6, 6.07) is 5.43. The number of hydrogen-bond acceptors (Lipinski definition) is 3. The first kappa shape index (κ1) is 11.6. The highest BCUT2D eigenvalue weighted by Gasteiger charge is 2.03. The Kier molecular flexibility index (Phi) is 3.42. The van der Waals surface area contributed by atoms with Crippen LogP contribution in [0.2, 0.25) is 0 Å². The quantitative estimate of drug-likeness (QED) is 0.758. The van der Waals surface area contributed by atoms with Crippen LogP contribution in [-0.2, 0) is 7.05 Å². The zero-order valence-electron chi connectivity index (χ0n) is 10.1. The highest BCUT2D eigenvalue weighted by Crippen LogP contribution is 2.16. The molecule has 0 N–H and O–H groups in total. The molecule has 0 spiro atoms. The Bertz CT molecular complexity index is 575. The van der Waals surface area contributed by atoms with Crippen LogP contribution in [0.25, 0.3) is 10.9 Å². The van der Waals surface area contributed by atoms with Crippen molar-refractivity contribution in [1.29, 1.82) is 0 Å². The first-order valence-corrected chi connectivity index (χ1v) is 5.80. The second kappa shape index (κ2) is 4.99. The number of unbranched alkanes of at least 4 members (excludes halogenated alkanes) is 1. The molecule has 0 saturated heterocycles. The molecule has 1 aromatic heterocycles. The van der Waals surface area contributed by atoms with E-state index in [1.165, 1.54) is 10.9 Å². The first-order chi connectivity index (χ1) is 8.22. The van der Waals surface area contributed by atoms with Crippen molar-refractivity contribution in [1.82, 2.24) is 9.55 Å². The predicted octanol–water partition coefficient (Wildman–Crippen LogP) is 2.11. The molecule has 17 heavy (non-hydrogen) atoms. The standard InChI is InChI=1S/C13H16N2O2/c1-3-4-7-17-10-5-6-12-11(8-10)13(16)15(2)9-14-12/h5-6,8-9H,3-4,7H2,1-2H3. The van der Waals surface area contributed by atoms with Crippen molar-refractivity contribution in [2.45, 2.75) is 19.8 Å². The fourth-order valence-electron chi connectivity index (χ4n) is 1.61.